The molecule has 240 valence electrons. The van der Waals surface area contributed by atoms with Gasteiger partial charge in [-0.25, -0.2) is 9.98 Å². The average Bonchev–Trinajstić information content (AvgIpc) is 3.59. The second-order valence-corrected chi connectivity index (χ2v) is 13.0. The summed E-state index contributed by atoms with van der Waals surface area (Å²) in [5, 5.41) is 10.6. The zero-order chi connectivity index (χ0) is 33.7. The topological polar surface area (TPSA) is 49.9 Å². The van der Waals surface area contributed by atoms with Gasteiger partial charge in [0.25, 0.3) is 0 Å². The molecule has 1 aliphatic heterocycles. The molecule has 4 heteroatoms. The molecule has 2 heterocycles. The van der Waals surface area contributed by atoms with E-state index in [1.165, 1.54) is 32.7 Å². The molecule has 1 aromatic heterocycles. The number of rotatable bonds is 5. The Hall–Kier alpha value is -6.78. The number of amidine groups is 2. The minimum absolute atomic E-state index is 0.318. The first kappa shape index (κ1) is 29.2. The maximum Gasteiger partial charge on any atom is 0.160 e. The minimum Gasteiger partial charge on any atom is -0.456 e. The van der Waals surface area contributed by atoms with Crippen molar-refractivity contribution in [1.82, 2.24) is 5.32 Å². The van der Waals surface area contributed by atoms with Gasteiger partial charge in [-0.3, -0.25) is 0 Å². The molecule has 1 aliphatic rings. The Bertz CT molecular complexity index is 2820. The molecule has 0 spiro atoms. The largest absolute Gasteiger partial charge is 0.456 e. The van der Waals surface area contributed by atoms with Crippen LogP contribution >= 0.6 is 0 Å². The first-order valence-corrected chi connectivity index (χ1v) is 17.3. The molecule has 9 aromatic rings. The maximum absolute atomic E-state index is 6.44. The van der Waals surface area contributed by atoms with Crippen molar-refractivity contribution in [3.8, 4) is 22.3 Å². The van der Waals surface area contributed by atoms with Crippen LogP contribution in [0.3, 0.4) is 0 Å². The third kappa shape index (κ3) is 5.17. The van der Waals surface area contributed by atoms with E-state index in [-0.39, 0.29) is 6.17 Å². The maximum atomic E-state index is 6.44. The average molecular weight is 654 g/mol. The molecule has 0 bridgehead atoms. The lowest BCUT2D eigenvalue weighted by Crippen LogP contribution is -2.33. The highest BCUT2D eigenvalue weighted by molar-refractivity contribution is 6.22. The smallest absolute Gasteiger partial charge is 0.160 e. The second-order valence-electron chi connectivity index (χ2n) is 13.0. The predicted octanol–water partition coefficient (Wildman–Crippen LogP) is 11.7. The number of aliphatic imine (C=N–C) groups is 2. The van der Waals surface area contributed by atoms with Crippen molar-refractivity contribution in [2.75, 3.05) is 0 Å². The van der Waals surface area contributed by atoms with Crippen LogP contribution in [-0.2, 0) is 0 Å². The number of hydrogen-bond acceptors (Lipinski definition) is 4. The quantitative estimate of drug-likeness (QED) is 0.201. The number of fused-ring (bicyclic) bond motifs is 5. The van der Waals surface area contributed by atoms with Crippen molar-refractivity contribution in [3.63, 3.8) is 0 Å². The molecule has 8 aromatic carbocycles. The molecular weight excluding hydrogens is 623 g/mol. The number of nitrogens with one attached hydrogen (secondary N) is 1. The molecule has 0 amide bonds. The summed E-state index contributed by atoms with van der Waals surface area (Å²) in [6.45, 7) is 0. The molecule has 4 nitrogen and oxygen atoms in total. The van der Waals surface area contributed by atoms with E-state index in [9.17, 15) is 0 Å². The summed E-state index contributed by atoms with van der Waals surface area (Å²) in [4.78, 5) is 10.4. The normalized spacial score (nSPS) is 14.5. The van der Waals surface area contributed by atoms with Crippen LogP contribution in [0.1, 0.15) is 22.9 Å². The lowest BCUT2D eigenvalue weighted by atomic mass is 9.95. The first-order chi connectivity index (χ1) is 25.2. The van der Waals surface area contributed by atoms with Crippen LogP contribution < -0.4 is 5.32 Å². The standard InChI is InChI=1S/C47H31N3O/c1-2-12-34(13-3-1)45-48-46(37-25-22-30-10-4-5-14-35(30)28-37)50-47(49-45)40-18-9-19-43-44(40)41-29-36(26-27-42(41)51-43)31-20-23-33(24-21-31)39-17-8-15-32-11-6-7-16-38(32)39/h1-29,46H,(H,48,49,50). The Morgan fingerprint density at radius 1 is 0.451 bits per heavy atom. The summed E-state index contributed by atoms with van der Waals surface area (Å²) in [6.07, 6.45) is -0.318. The van der Waals surface area contributed by atoms with Crippen LogP contribution in [0.5, 0.6) is 0 Å². The van der Waals surface area contributed by atoms with E-state index in [2.05, 4.69) is 151 Å². The summed E-state index contributed by atoms with van der Waals surface area (Å²) in [6, 6.07) is 61.7. The fourth-order valence-corrected chi connectivity index (χ4v) is 7.37. The monoisotopic (exact) mass is 653 g/mol. The van der Waals surface area contributed by atoms with Gasteiger partial charge in [-0.2, -0.15) is 0 Å². The lowest BCUT2D eigenvalue weighted by molar-refractivity contribution is 0.668. The minimum atomic E-state index is -0.318. The summed E-state index contributed by atoms with van der Waals surface area (Å²) in [5.74, 6) is 1.46. The zero-order valence-electron chi connectivity index (χ0n) is 27.6. The number of benzene rings is 8. The van der Waals surface area contributed by atoms with Gasteiger partial charge in [-0.15, -0.1) is 0 Å². The van der Waals surface area contributed by atoms with Crippen LogP contribution in [0.25, 0.3) is 65.7 Å². The molecule has 51 heavy (non-hydrogen) atoms. The Morgan fingerprint density at radius 3 is 2.04 bits per heavy atom. The van der Waals surface area contributed by atoms with Gasteiger partial charge in [-0.1, -0.05) is 152 Å². The lowest BCUT2D eigenvalue weighted by Gasteiger charge is -2.24. The Kier molecular flexibility index (Phi) is 6.85. The molecule has 0 saturated carbocycles. The number of furan rings is 1. The van der Waals surface area contributed by atoms with E-state index in [1.807, 2.05) is 30.3 Å². The van der Waals surface area contributed by atoms with Gasteiger partial charge in [-0.05, 0) is 73.6 Å². The van der Waals surface area contributed by atoms with Crippen molar-refractivity contribution in [2.45, 2.75) is 6.17 Å². The second kappa shape index (κ2) is 12.0. The van der Waals surface area contributed by atoms with E-state index in [0.29, 0.717) is 5.84 Å². The molecule has 10 rings (SSSR count). The molecule has 0 aliphatic carbocycles. The summed E-state index contributed by atoms with van der Waals surface area (Å²) >= 11 is 0. The van der Waals surface area contributed by atoms with E-state index in [0.717, 1.165) is 55.6 Å². The molecule has 0 fully saturated rings. The van der Waals surface area contributed by atoms with Crippen LogP contribution in [-0.4, -0.2) is 11.7 Å². The third-order valence-corrected chi connectivity index (χ3v) is 9.93. The van der Waals surface area contributed by atoms with Crippen LogP contribution in [0.15, 0.2) is 190 Å². The van der Waals surface area contributed by atoms with Crippen molar-refractivity contribution in [2.24, 2.45) is 9.98 Å². The van der Waals surface area contributed by atoms with Crippen molar-refractivity contribution < 1.29 is 4.42 Å². The third-order valence-electron chi connectivity index (χ3n) is 9.93. The predicted molar refractivity (Wildman–Crippen MR) is 211 cm³/mol. The highest BCUT2D eigenvalue weighted by Gasteiger charge is 2.24. The van der Waals surface area contributed by atoms with Gasteiger partial charge >= 0.3 is 0 Å². The zero-order valence-corrected chi connectivity index (χ0v) is 27.6. The van der Waals surface area contributed by atoms with Crippen molar-refractivity contribution in [1.29, 1.82) is 0 Å². The summed E-state index contributed by atoms with van der Waals surface area (Å²) < 4.78 is 6.44. The number of hydrogen-bond donors (Lipinski definition) is 1. The van der Waals surface area contributed by atoms with Crippen LogP contribution in [0.2, 0.25) is 0 Å². The summed E-state index contributed by atoms with van der Waals surface area (Å²) in [7, 11) is 0. The first-order valence-electron chi connectivity index (χ1n) is 17.3. The van der Waals surface area contributed by atoms with Gasteiger partial charge in [0.15, 0.2) is 5.84 Å². The van der Waals surface area contributed by atoms with Gasteiger partial charge in [0.1, 0.15) is 23.2 Å². The molecule has 1 atom stereocenters. The molecule has 0 radical (unpaired) electrons. The molecule has 1 N–H and O–H groups in total. The van der Waals surface area contributed by atoms with Gasteiger partial charge in [0.2, 0.25) is 0 Å². The SMILES string of the molecule is c1ccc(C2=NC(c3cccc4oc5ccc(-c6ccc(-c7cccc8ccccc78)cc6)cc5c34)=NC(c3ccc4ccccc4c3)N2)cc1. The van der Waals surface area contributed by atoms with Gasteiger partial charge in [0, 0.05) is 21.9 Å². The molecule has 1 unspecified atom stereocenters. The van der Waals surface area contributed by atoms with E-state index in [4.69, 9.17) is 14.4 Å². The van der Waals surface area contributed by atoms with Crippen LogP contribution in [0, 0.1) is 0 Å². The van der Waals surface area contributed by atoms with Crippen LogP contribution in [0.4, 0.5) is 0 Å². The molecular formula is C47H31N3O. The molecule has 0 saturated heterocycles. The van der Waals surface area contributed by atoms with Crippen molar-refractivity contribution >= 4 is 55.2 Å². The highest BCUT2D eigenvalue weighted by atomic mass is 16.3. The Morgan fingerprint density at radius 2 is 1.16 bits per heavy atom. The van der Waals surface area contributed by atoms with E-state index >= 15 is 0 Å². The van der Waals surface area contributed by atoms with Crippen molar-refractivity contribution in [3.05, 3.63) is 193 Å². The number of nitrogens with zero attached hydrogens (tertiary/aromatic N) is 2. The van der Waals surface area contributed by atoms with Gasteiger partial charge < -0.3 is 9.73 Å². The van der Waals surface area contributed by atoms with E-state index < -0.39 is 0 Å². The Labute approximate surface area is 295 Å². The highest BCUT2D eigenvalue weighted by Crippen LogP contribution is 2.37. The van der Waals surface area contributed by atoms with Gasteiger partial charge in [0.05, 0.1) is 0 Å². The van der Waals surface area contributed by atoms with E-state index in [1.54, 1.807) is 0 Å². The summed E-state index contributed by atoms with van der Waals surface area (Å²) in [5.41, 5.74) is 9.38. The Balaban J connectivity index is 1.09. The fraction of sp³-hybridized carbons (Fsp3) is 0.0213. The fourth-order valence-electron chi connectivity index (χ4n) is 7.37.